The molecule has 0 aliphatic carbocycles. The third-order valence-corrected chi connectivity index (χ3v) is 1.51. The topological polar surface area (TPSA) is 58.6 Å². The van der Waals surface area contributed by atoms with Gasteiger partial charge < -0.3 is 15.2 Å². The van der Waals surface area contributed by atoms with Crippen LogP contribution in [0, 0.1) is 0 Å². The van der Waals surface area contributed by atoms with Crippen molar-refractivity contribution in [3.63, 3.8) is 0 Å². The average Bonchev–Trinajstić information content (AvgIpc) is 1.99. The molecular weight excluding hydrogens is 182 g/mol. The van der Waals surface area contributed by atoms with Gasteiger partial charge in [-0.25, -0.2) is 0 Å². The predicted molar refractivity (Wildman–Crippen MR) is 55.0 cm³/mol. The molecule has 2 N–H and O–H groups in total. The van der Waals surface area contributed by atoms with Crippen molar-refractivity contribution in [2.24, 2.45) is 0 Å². The summed E-state index contributed by atoms with van der Waals surface area (Å²) in [6.45, 7) is 9.09. The van der Waals surface area contributed by atoms with E-state index in [1.807, 2.05) is 20.8 Å². The first-order valence-electron chi connectivity index (χ1n) is 4.72. The van der Waals surface area contributed by atoms with E-state index in [4.69, 9.17) is 9.84 Å². The van der Waals surface area contributed by atoms with E-state index in [0.29, 0.717) is 0 Å². The highest BCUT2D eigenvalue weighted by Crippen LogP contribution is 2.06. The minimum atomic E-state index is -0.585. The average molecular weight is 203 g/mol. The lowest BCUT2D eigenvalue weighted by Gasteiger charge is -2.25. The van der Waals surface area contributed by atoms with Crippen molar-refractivity contribution in [2.45, 2.75) is 45.8 Å². The van der Waals surface area contributed by atoms with E-state index in [1.165, 1.54) is 0 Å². The number of aliphatic hydroxyl groups is 1. The van der Waals surface area contributed by atoms with Crippen LogP contribution in [0.2, 0.25) is 0 Å². The molecule has 0 spiro atoms. The summed E-state index contributed by atoms with van der Waals surface area (Å²) in [7, 11) is 0. The van der Waals surface area contributed by atoms with Crippen LogP contribution in [0.4, 0.5) is 0 Å². The van der Waals surface area contributed by atoms with Crippen LogP contribution in [0.25, 0.3) is 0 Å². The lowest BCUT2D eigenvalue weighted by molar-refractivity contribution is -0.132. The SMILES string of the molecule is CC(C)(CO)NC(=O)COC(C)(C)C. The number of carbonyl (C=O) groups is 1. The van der Waals surface area contributed by atoms with Crippen LogP contribution in [0.1, 0.15) is 34.6 Å². The van der Waals surface area contributed by atoms with E-state index >= 15 is 0 Å². The third-order valence-electron chi connectivity index (χ3n) is 1.51. The second-order valence-corrected chi connectivity index (χ2v) is 4.99. The van der Waals surface area contributed by atoms with E-state index in [1.54, 1.807) is 13.8 Å². The Labute approximate surface area is 85.6 Å². The van der Waals surface area contributed by atoms with E-state index < -0.39 is 5.54 Å². The van der Waals surface area contributed by atoms with Gasteiger partial charge in [-0.2, -0.15) is 0 Å². The van der Waals surface area contributed by atoms with Gasteiger partial charge in [0.1, 0.15) is 6.61 Å². The Balaban J connectivity index is 3.89. The van der Waals surface area contributed by atoms with E-state index in [2.05, 4.69) is 5.32 Å². The number of amides is 1. The lowest BCUT2D eigenvalue weighted by Crippen LogP contribution is -2.48. The fourth-order valence-electron chi connectivity index (χ4n) is 0.735. The molecule has 0 aromatic carbocycles. The Morgan fingerprint density at radius 3 is 2.14 bits per heavy atom. The van der Waals surface area contributed by atoms with Gasteiger partial charge in [0.05, 0.1) is 17.7 Å². The highest BCUT2D eigenvalue weighted by Gasteiger charge is 2.20. The molecule has 0 fully saturated rings. The molecule has 4 heteroatoms. The van der Waals surface area contributed by atoms with Crippen LogP contribution in [0.5, 0.6) is 0 Å². The second kappa shape index (κ2) is 4.75. The van der Waals surface area contributed by atoms with Crippen molar-refractivity contribution in [2.75, 3.05) is 13.2 Å². The maximum Gasteiger partial charge on any atom is 0.246 e. The van der Waals surface area contributed by atoms with Crippen molar-refractivity contribution >= 4 is 5.91 Å². The van der Waals surface area contributed by atoms with E-state index in [0.717, 1.165) is 0 Å². The number of rotatable bonds is 4. The smallest absolute Gasteiger partial charge is 0.246 e. The van der Waals surface area contributed by atoms with Crippen LogP contribution in [-0.2, 0) is 9.53 Å². The molecule has 0 unspecified atom stereocenters. The number of hydrogen-bond donors (Lipinski definition) is 2. The molecule has 0 aliphatic heterocycles. The molecule has 0 aromatic heterocycles. The fraction of sp³-hybridized carbons (Fsp3) is 0.900. The fourth-order valence-corrected chi connectivity index (χ4v) is 0.735. The molecule has 0 rings (SSSR count). The minimum Gasteiger partial charge on any atom is -0.394 e. The lowest BCUT2D eigenvalue weighted by atomic mass is 10.1. The highest BCUT2D eigenvalue weighted by atomic mass is 16.5. The molecule has 14 heavy (non-hydrogen) atoms. The summed E-state index contributed by atoms with van der Waals surface area (Å²) in [6, 6.07) is 0. The Bertz CT molecular complexity index is 194. The summed E-state index contributed by atoms with van der Waals surface area (Å²) in [5.41, 5.74) is -0.904. The number of hydrogen-bond acceptors (Lipinski definition) is 3. The van der Waals surface area contributed by atoms with Gasteiger partial charge in [-0.05, 0) is 34.6 Å². The van der Waals surface area contributed by atoms with Crippen LogP contribution < -0.4 is 5.32 Å². The molecule has 4 nitrogen and oxygen atoms in total. The zero-order valence-corrected chi connectivity index (χ0v) is 9.68. The first-order valence-corrected chi connectivity index (χ1v) is 4.72. The summed E-state index contributed by atoms with van der Waals surface area (Å²) in [6.07, 6.45) is 0. The number of aliphatic hydroxyl groups excluding tert-OH is 1. The molecular formula is C10H21NO3. The van der Waals surface area contributed by atoms with Gasteiger partial charge in [0, 0.05) is 0 Å². The van der Waals surface area contributed by atoms with Gasteiger partial charge in [-0.1, -0.05) is 0 Å². The van der Waals surface area contributed by atoms with Crippen LogP contribution in [-0.4, -0.2) is 35.4 Å². The third kappa shape index (κ3) is 6.86. The van der Waals surface area contributed by atoms with E-state index in [-0.39, 0.29) is 24.7 Å². The van der Waals surface area contributed by atoms with Gasteiger partial charge in [0.25, 0.3) is 0 Å². The van der Waals surface area contributed by atoms with Gasteiger partial charge in [0.2, 0.25) is 5.91 Å². The molecule has 0 aliphatic rings. The Morgan fingerprint density at radius 2 is 1.79 bits per heavy atom. The summed E-state index contributed by atoms with van der Waals surface area (Å²) >= 11 is 0. The quantitative estimate of drug-likeness (QED) is 0.706. The Hall–Kier alpha value is -0.610. The monoisotopic (exact) mass is 203 g/mol. The summed E-state index contributed by atoms with van der Waals surface area (Å²) in [5.74, 6) is -0.209. The zero-order chi connectivity index (χ0) is 11.4. The molecule has 0 aromatic rings. The normalized spacial score (nSPS) is 12.7. The Morgan fingerprint density at radius 1 is 1.29 bits per heavy atom. The standard InChI is InChI=1S/C10H21NO3/c1-9(2,3)14-6-8(13)11-10(4,5)7-12/h12H,6-7H2,1-5H3,(H,11,13). The summed E-state index contributed by atoms with van der Waals surface area (Å²) in [5, 5.41) is 11.6. The molecule has 1 amide bonds. The number of carbonyl (C=O) groups excluding carboxylic acids is 1. The highest BCUT2D eigenvalue weighted by molar-refractivity contribution is 5.78. The van der Waals surface area contributed by atoms with Crippen molar-refractivity contribution in [3.05, 3.63) is 0 Å². The van der Waals surface area contributed by atoms with E-state index in [9.17, 15) is 4.79 Å². The van der Waals surface area contributed by atoms with Crippen LogP contribution in [0.3, 0.4) is 0 Å². The molecule has 0 radical (unpaired) electrons. The van der Waals surface area contributed by atoms with Crippen molar-refractivity contribution in [1.82, 2.24) is 5.32 Å². The number of ether oxygens (including phenoxy) is 1. The molecule has 0 saturated heterocycles. The van der Waals surface area contributed by atoms with Crippen molar-refractivity contribution in [1.29, 1.82) is 0 Å². The minimum absolute atomic E-state index is 0.0208. The van der Waals surface area contributed by atoms with Gasteiger partial charge in [-0.3, -0.25) is 4.79 Å². The van der Waals surface area contributed by atoms with Gasteiger partial charge in [0.15, 0.2) is 0 Å². The maximum absolute atomic E-state index is 11.3. The maximum atomic E-state index is 11.3. The molecule has 0 bridgehead atoms. The molecule has 84 valence electrons. The second-order valence-electron chi connectivity index (χ2n) is 4.99. The van der Waals surface area contributed by atoms with Crippen molar-refractivity contribution < 1.29 is 14.6 Å². The van der Waals surface area contributed by atoms with Crippen LogP contribution >= 0.6 is 0 Å². The predicted octanol–water partition coefficient (Wildman–Crippen LogP) is 0.689. The first-order chi connectivity index (χ1) is 6.16. The van der Waals surface area contributed by atoms with Gasteiger partial charge >= 0.3 is 0 Å². The van der Waals surface area contributed by atoms with Crippen molar-refractivity contribution in [3.8, 4) is 0 Å². The molecule has 0 heterocycles. The first kappa shape index (κ1) is 13.4. The zero-order valence-electron chi connectivity index (χ0n) is 9.68. The Kier molecular flexibility index (Phi) is 4.55. The molecule has 0 atom stereocenters. The summed E-state index contributed by atoms with van der Waals surface area (Å²) < 4.78 is 5.29. The number of nitrogens with one attached hydrogen (secondary N) is 1. The van der Waals surface area contributed by atoms with Gasteiger partial charge in [-0.15, -0.1) is 0 Å². The summed E-state index contributed by atoms with van der Waals surface area (Å²) in [4.78, 5) is 11.3. The molecule has 0 saturated carbocycles. The van der Waals surface area contributed by atoms with Crippen LogP contribution in [0.15, 0.2) is 0 Å². The largest absolute Gasteiger partial charge is 0.394 e.